The Morgan fingerprint density at radius 2 is 1.81 bits per heavy atom. The number of amides is 2. The molecule has 8 nitrogen and oxygen atoms in total. The van der Waals surface area contributed by atoms with E-state index in [4.69, 9.17) is 9.31 Å². The molecule has 5 rings (SSSR count). The standard InChI is InChI=1S/C27H31BN4O4/c1-26(2)27(3,4)36-28(35-26)19-12-10-18-11-13-21(24(33)30-22(18)15-19)29-25(34)23-16-20(31-32-23)14-17-8-6-5-7-9-17/h5-10,12,15-16,21H,11,13-14H2,1-4H3,(H,29,34)(H,30,33)(H,31,32). The molecule has 36 heavy (non-hydrogen) atoms. The number of carbonyl (C=O) groups excluding carboxylic acids is 2. The van der Waals surface area contributed by atoms with Gasteiger partial charge in [-0.15, -0.1) is 0 Å². The van der Waals surface area contributed by atoms with E-state index in [1.165, 1.54) is 0 Å². The van der Waals surface area contributed by atoms with Crippen molar-refractivity contribution >= 4 is 30.1 Å². The molecule has 3 N–H and O–H groups in total. The smallest absolute Gasteiger partial charge is 0.399 e. The van der Waals surface area contributed by atoms with E-state index < -0.39 is 24.4 Å². The minimum atomic E-state index is -0.661. The highest BCUT2D eigenvalue weighted by atomic mass is 16.7. The lowest BCUT2D eigenvalue weighted by Gasteiger charge is -2.32. The number of benzene rings is 2. The van der Waals surface area contributed by atoms with Gasteiger partial charge >= 0.3 is 7.12 Å². The van der Waals surface area contributed by atoms with Gasteiger partial charge in [-0.2, -0.15) is 5.10 Å². The maximum absolute atomic E-state index is 13.0. The second kappa shape index (κ2) is 9.22. The van der Waals surface area contributed by atoms with Crippen LogP contribution >= 0.6 is 0 Å². The highest BCUT2D eigenvalue weighted by Crippen LogP contribution is 2.36. The van der Waals surface area contributed by atoms with Gasteiger partial charge in [0.1, 0.15) is 11.7 Å². The minimum Gasteiger partial charge on any atom is -0.399 e. The maximum atomic E-state index is 13.0. The van der Waals surface area contributed by atoms with Crippen LogP contribution in [0, 0.1) is 0 Å². The lowest BCUT2D eigenvalue weighted by atomic mass is 9.78. The molecule has 0 bridgehead atoms. The monoisotopic (exact) mass is 486 g/mol. The van der Waals surface area contributed by atoms with Crippen LogP contribution in [0.25, 0.3) is 0 Å². The van der Waals surface area contributed by atoms with Gasteiger partial charge in [-0.25, -0.2) is 0 Å². The minimum absolute atomic E-state index is 0.253. The summed E-state index contributed by atoms with van der Waals surface area (Å²) in [6.45, 7) is 8.04. The van der Waals surface area contributed by atoms with Crippen LogP contribution in [0.4, 0.5) is 5.69 Å². The number of nitrogens with zero attached hydrogens (tertiary/aromatic N) is 1. The van der Waals surface area contributed by atoms with Gasteiger partial charge in [-0.05, 0) is 69.3 Å². The second-order valence-electron chi connectivity index (χ2n) is 10.5. The molecule has 0 aliphatic carbocycles. The lowest BCUT2D eigenvalue weighted by Crippen LogP contribution is -2.43. The highest BCUT2D eigenvalue weighted by molar-refractivity contribution is 6.62. The number of hydrogen-bond donors (Lipinski definition) is 3. The van der Waals surface area contributed by atoms with E-state index in [1.807, 2.05) is 76.2 Å². The van der Waals surface area contributed by atoms with Crippen molar-refractivity contribution in [2.45, 2.75) is 64.2 Å². The van der Waals surface area contributed by atoms with Crippen molar-refractivity contribution in [3.63, 3.8) is 0 Å². The summed E-state index contributed by atoms with van der Waals surface area (Å²) >= 11 is 0. The molecular weight excluding hydrogens is 455 g/mol. The predicted molar refractivity (Wildman–Crippen MR) is 138 cm³/mol. The molecule has 1 unspecified atom stereocenters. The van der Waals surface area contributed by atoms with Gasteiger partial charge in [0.25, 0.3) is 5.91 Å². The number of hydrogen-bond acceptors (Lipinski definition) is 5. The Labute approximate surface area is 211 Å². The largest absolute Gasteiger partial charge is 0.494 e. The van der Waals surface area contributed by atoms with E-state index in [0.29, 0.717) is 25.0 Å². The van der Waals surface area contributed by atoms with Crippen LogP contribution in [0.1, 0.15) is 61.4 Å². The quantitative estimate of drug-likeness (QED) is 0.481. The van der Waals surface area contributed by atoms with Crippen molar-refractivity contribution in [1.29, 1.82) is 0 Å². The van der Waals surface area contributed by atoms with Crippen molar-refractivity contribution < 1.29 is 18.9 Å². The van der Waals surface area contributed by atoms with Crippen molar-refractivity contribution in [3.05, 3.63) is 77.1 Å². The third-order valence-corrected chi connectivity index (χ3v) is 7.34. The summed E-state index contributed by atoms with van der Waals surface area (Å²) in [7, 11) is -0.513. The Morgan fingerprint density at radius 3 is 2.53 bits per heavy atom. The maximum Gasteiger partial charge on any atom is 0.494 e. The van der Waals surface area contributed by atoms with Gasteiger partial charge in [0, 0.05) is 12.1 Å². The Balaban J connectivity index is 1.24. The predicted octanol–water partition coefficient (Wildman–Crippen LogP) is 2.98. The number of nitrogens with one attached hydrogen (secondary N) is 3. The second-order valence-corrected chi connectivity index (χ2v) is 10.5. The number of aromatic amines is 1. The van der Waals surface area contributed by atoms with E-state index >= 15 is 0 Å². The van der Waals surface area contributed by atoms with Crippen molar-refractivity contribution in [1.82, 2.24) is 15.5 Å². The molecule has 9 heteroatoms. The molecule has 0 spiro atoms. The fraction of sp³-hybridized carbons (Fsp3) is 0.370. The molecule has 3 heterocycles. The van der Waals surface area contributed by atoms with E-state index in [2.05, 4.69) is 20.8 Å². The van der Waals surface area contributed by atoms with Crippen LogP contribution in [0.3, 0.4) is 0 Å². The van der Waals surface area contributed by atoms with Crippen LogP contribution in [0.5, 0.6) is 0 Å². The van der Waals surface area contributed by atoms with Crippen LogP contribution in [0.2, 0.25) is 0 Å². The van der Waals surface area contributed by atoms with Crippen molar-refractivity contribution in [2.75, 3.05) is 5.32 Å². The van der Waals surface area contributed by atoms with Crippen LogP contribution in [0.15, 0.2) is 54.6 Å². The normalized spacial score (nSPS) is 20.4. The molecule has 0 radical (unpaired) electrons. The lowest BCUT2D eigenvalue weighted by molar-refractivity contribution is -0.118. The topological polar surface area (TPSA) is 105 Å². The first-order valence-corrected chi connectivity index (χ1v) is 12.3. The molecule has 1 atom stereocenters. The molecule has 2 aromatic carbocycles. The zero-order valence-corrected chi connectivity index (χ0v) is 21.1. The molecule has 1 fully saturated rings. The number of aryl methyl sites for hydroxylation is 1. The SMILES string of the molecule is CC1(C)OB(c2ccc3c(c2)NC(=O)C(NC(=O)c2cc(Cc4ccccc4)n[nH]2)CC3)OC1(C)C. The average molecular weight is 486 g/mol. The first-order chi connectivity index (χ1) is 17.1. The van der Waals surface area contributed by atoms with Gasteiger partial charge in [0.05, 0.1) is 16.9 Å². The van der Waals surface area contributed by atoms with Crippen LogP contribution in [-0.2, 0) is 26.9 Å². The third-order valence-electron chi connectivity index (χ3n) is 7.34. The summed E-state index contributed by atoms with van der Waals surface area (Å²) in [4.78, 5) is 25.9. The molecule has 0 saturated carbocycles. The number of fused-ring (bicyclic) bond motifs is 1. The van der Waals surface area contributed by atoms with Crippen molar-refractivity contribution in [2.24, 2.45) is 0 Å². The van der Waals surface area contributed by atoms with Gasteiger partial charge in [0.15, 0.2) is 0 Å². The summed E-state index contributed by atoms with van der Waals surface area (Å²) in [6, 6.07) is 16.9. The molecule has 3 aromatic rings. The first-order valence-electron chi connectivity index (χ1n) is 12.3. The molecule has 1 aromatic heterocycles. The molecular formula is C27H31BN4O4. The number of H-pyrrole nitrogens is 1. The van der Waals surface area contributed by atoms with Crippen LogP contribution < -0.4 is 16.1 Å². The summed E-state index contributed by atoms with van der Waals surface area (Å²) in [6.07, 6.45) is 1.76. The zero-order chi connectivity index (χ0) is 25.5. The molecule has 186 valence electrons. The zero-order valence-electron chi connectivity index (χ0n) is 21.1. The molecule has 2 aliphatic heterocycles. The Morgan fingerprint density at radius 1 is 1.08 bits per heavy atom. The number of carbonyl (C=O) groups is 2. The molecule has 2 amide bonds. The third kappa shape index (κ3) is 4.81. The van der Waals surface area contributed by atoms with E-state index in [9.17, 15) is 9.59 Å². The van der Waals surface area contributed by atoms with E-state index in [-0.39, 0.29) is 11.8 Å². The summed E-state index contributed by atoms with van der Waals surface area (Å²) in [5.41, 5.74) is 3.88. The highest BCUT2D eigenvalue weighted by Gasteiger charge is 2.51. The number of rotatable bonds is 5. The van der Waals surface area contributed by atoms with Gasteiger partial charge in [-0.3, -0.25) is 14.7 Å². The summed E-state index contributed by atoms with van der Waals surface area (Å²) < 4.78 is 12.3. The Kier molecular flexibility index (Phi) is 6.22. The molecule has 2 aliphatic rings. The van der Waals surface area contributed by atoms with E-state index in [0.717, 1.165) is 28.0 Å². The number of anilines is 1. The number of aromatic nitrogens is 2. The van der Waals surface area contributed by atoms with Gasteiger partial charge in [-0.1, -0.05) is 42.5 Å². The van der Waals surface area contributed by atoms with Gasteiger partial charge in [0.2, 0.25) is 5.91 Å². The van der Waals surface area contributed by atoms with Gasteiger partial charge < -0.3 is 19.9 Å². The fourth-order valence-corrected chi connectivity index (χ4v) is 4.45. The Bertz CT molecular complexity index is 1270. The average Bonchev–Trinajstić information content (AvgIpc) is 3.33. The molecule has 1 saturated heterocycles. The van der Waals surface area contributed by atoms with Crippen LogP contribution in [-0.4, -0.2) is 46.4 Å². The fourth-order valence-electron chi connectivity index (χ4n) is 4.45. The van der Waals surface area contributed by atoms with Crippen molar-refractivity contribution in [3.8, 4) is 0 Å². The van der Waals surface area contributed by atoms with E-state index in [1.54, 1.807) is 6.07 Å². The summed E-state index contributed by atoms with van der Waals surface area (Å²) in [5.74, 6) is -0.608. The summed E-state index contributed by atoms with van der Waals surface area (Å²) in [5, 5.41) is 12.9. The Hall–Kier alpha value is -3.43. The first kappa shape index (κ1) is 24.3.